The Morgan fingerprint density at radius 3 is 2.67 bits per heavy atom. The van der Waals surface area contributed by atoms with Crippen LogP contribution in [0.4, 0.5) is 4.39 Å². The van der Waals surface area contributed by atoms with E-state index in [1.54, 1.807) is 6.07 Å². The normalized spacial score (nSPS) is 18.3. The minimum Gasteiger partial charge on any atom is -0.485 e. The van der Waals surface area contributed by atoms with Crippen molar-refractivity contribution in [2.75, 3.05) is 20.7 Å². The number of hydrogen-bond acceptors (Lipinski definition) is 5. The van der Waals surface area contributed by atoms with E-state index in [4.69, 9.17) is 9.47 Å². The summed E-state index contributed by atoms with van der Waals surface area (Å²) in [4.78, 5) is 18.0. The molecule has 206 valence electrons. The number of carboxylic acid groups (broad SMARTS) is 1. The van der Waals surface area contributed by atoms with E-state index >= 15 is 0 Å². The second-order valence-electron chi connectivity index (χ2n) is 11.0. The van der Waals surface area contributed by atoms with Gasteiger partial charge < -0.3 is 19.5 Å². The van der Waals surface area contributed by atoms with Crippen molar-refractivity contribution in [1.82, 2.24) is 9.88 Å². The summed E-state index contributed by atoms with van der Waals surface area (Å²) in [5, 5.41) is 9.71. The van der Waals surface area contributed by atoms with Crippen LogP contribution in [0, 0.1) is 17.7 Å². The maximum absolute atomic E-state index is 14.9. The Balaban J connectivity index is 1.46. The zero-order valence-corrected chi connectivity index (χ0v) is 23.1. The molecule has 1 aliphatic heterocycles. The monoisotopic (exact) mass is 532 g/mol. The number of aliphatic carboxylic acids is 1. The highest BCUT2D eigenvalue weighted by Crippen LogP contribution is 2.48. The highest BCUT2D eigenvalue weighted by molar-refractivity contribution is 5.71. The van der Waals surface area contributed by atoms with E-state index in [1.165, 1.54) is 13.3 Å². The molecule has 3 atom stereocenters. The Morgan fingerprint density at radius 2 is 1.97 bits per heavy atom. The molecule has 1 fully saturated rings. The smallest absolute Gasteiger partial charge is 0.306 e. The van der Waals surface area contributed by atoms with Crippen LogP contribution in [-0.4, -0.2) is 41.7 Å². The second kappa shape index (κ2) is 11.3. The molecule has 0 unspecified atom stereocenters. The number of carboxylic acids is 1. The van der Waals surface area contributed by atoms with Gasteiger partial charge in [0.2, 0.25) is 5.88 Å². The van der Waals surface area contributed by atoms with E-state index in [-0.39, 0.29) is 17.8 Å². The molecule has 0 bridgehead atoms. The number of nitrogens with zero attached hydrogens (tertiary/aromatic N) is 2. The number of aryl methyl sites for hydroxylation is 1. The third-order valence-corrected chi connectivity index (χ3v) is 8.29. The first-order chi connectivity index (χ1) is 18.8. The van der Waals surface area contributed by atoms with E-state index in [0.29, 0.717) is 23.9 Å². The Labute approximate surface area is 229 Å². The summed E-state index contributed by atoms with van der Waals surface area (Å²) in [6.07, 6.45) is 4.94. The van der Waals surface area contributed by atoms with Gasteiger partial charge in [-0.25, -0.2) is 9.37 Å². The fourth-order valence-electron chi connectivity index (χ4n) is 5.75. The Morgan fingerprint density at radius 1 is 1.18 bits per heavy atom. The lowest BCUT2D eigenvalue weighted by Gasteiger charge is -2.29. The number of rotatable bonds is 10. The molecule has 7 heteroatoms. The summed E-state index contributed by atoms with van der Waals surface area (Å²) in [6.45, 7) is 5.43. The predicted octanol–water partition coefficient (Wildman–Crippen LogP) is 6.63. The molecule has 3 aromatic rings. The molecule has 0 saturated heterocycles. The minimum atomic E-state index is -0.753. The van der Waals surface area contributed by atoms with E-state index in [2.05, 4.69) is 41.1 Å². The SMILES string of the molecule is CCN(C)Cc1cc([C@@H]2CCc3ccc([C@H](C4CC4)[C@@H](C)C(=O)O)cc3O2)ccc1-c1cc(OC)ncc1F. The standard InChI is InChI=1S/C32H37FN2O4/c1-5-35(3)18-24-14-22(10-12-25(24)26-16-30(38-4)34-17-27(26)33)28-13-11-20-6-9-23(15-29(20)39-28)31(21-7-8-21)19(2)32(36)37/h6,9-10,12,14-17,19,21,28,31H,5,7-8,11,13,18H2,1-4H3,(H,36,37)/t19-,28+,31+/m1/s1. The van der Waals surface area contributed by atoms with Crippen molar-refractivity contribution < 1.29 is 23.8 Å². The Hall–Kier alpha value is -3.45. The van der Waals surface area contributed by atoms with E-state index in [1.807, 2.05) is 26.1 Å². The van der Waals surface area contributed by atoms with Gasteiger partial charge >= 0.3 is 5.97 Å². The molecule has 1 N–H and O–H groups in total. The van der Waals surface area contributed by atoms with Crippen LogP contribution in [0.1, 0.15) is 67.4 Å². The molecule has 1 aliphatic carbocycles. The van der Waals surface area contributed by atoms with Crippen LogP contribution in [0.15, 0.2) is 48.7 Å². The number of benzene rings is 2. The molecule has 0 amide bonds. The lowest BCUT2D eigenvalue weighted by molar-refractivity contribution is -0.142. The van der Waals surface area contributed by atoms with Crippen LogP contribution >= 0.6 is 0 Å². The van der Waals surface area contributed by atoms with Gasteiger partial charge in [-0.2, -0.15) is 0 Å². The zero-order chi connectivity index (χ0) is 27.7. The predicted molar refractivity (Wildman–Crippen MR) is 149 cm³/mol. The summed E-state index contributed by atoms with van der Waals surface area (Å²) < 4.78 is 26.7. The number of carbonyl (C=O) groups is 1. The maximum atomic E-state index is 14.9. The topological polar surface area (TPSA) is 71.9 Å². The van der Waals surface area contributed by atoms with Crippen LogP contribution in [-0.2, 0) is 17.8 Å². The maximum Gasteiger partial charge on any atom is 0.306 e. The number of hydrogen-bond donors (Lipinski definition) is 1. The van der Waals surface area contributed by atoms with Gasteiger partial charge in [-0.05, 0) is 85.0 Å². The molecular formula is C32H37FN2O4. The van der Waals surface area contributed by atoms with E-state index < -0.39 is 11.9 Å². The van der Waals surface area contributed by atoms with Crippen LogP contribution in [0.5, 0.6) is 11.6 Å². The lowest BCUT2D eigenvalue weighted by atomic mass is 9.82. The number of pyridine rings is 1. The average molecular weight is 533 g/mol. The first-order valence-electron chi connectivity index (χ1n) is 13.8. The molecule has 5 rings (SSSR count). The van der Waals surface area contributed by atoms with Crippen LogP contribution < -0.4 is 9.47 Å². The van der Waals surface area contributed by atoms with Crippen molar-refractivity contribution in [1.29, 1.82) is 0 Å². The zero-order valence-electron chi connectivity index (χ0n) is 23.1. The van der Waals surface area contributed by atoms with Crippen molar-refractivity contribution in [3.8, 4) is 22.8 Å². The molecule has 39 heavy (non-hydrogen) atoms. The molecule has 1 aromatic heterocycles. The molecule has 0 radical (unpaired) electrons. The molecule has 2 aliphatic rings. The summed E-state index contributed by atoms with van der Waals surface area (Å²) in [6, 6.07) is 14.0. The lowest BCUT2D eigenvalue weighted by Crippen LogP contribution is -2.21. The third-order valence-electron chi connectivity index (χ3n) is 8.29. The summed E-state index contributed by atoms with van der Waals surface area (Å²) in [7, 11) is 3.57. The van der Waals surface area contributed by atoms with Crippen molar-refractivity contribution in [3.05, 3.63) is 76.7 Å². The fourth-order valence-corrected chi connectivity index (χ4v) is 5.75. The second-order valence-corrected chi connectivity index (χ2v) is 11.0. The van der Waals surface area contributed by atoms with Crippen molar-refractivity contribution in [2.45, 2.75) is 58.1 Å². The first-order valence-corrected chi connectivity index (χ1v) is 13.8. The van der Waals surface area contributed by atoms with Crippen LogP contribution in [0.25, 0.3) is 11.1 Å². The van der Waals surface area contributed by atoms with E-state index in [9.17, 15) is 14.3 Å². The first kappa shape index (κ1) is 27.1. The molecular weight excluding hydrogens is 495 g/mol. The third kappa shape index (κ3) is 5.78. The van der Waals surface area contributed by atoms with Gasteiger partial charge in [-0.3, -0.25) is 4.79 Å². The summed E-state index contributed by atoms with van der Waals surface area (Å²) >= 11 is 0. The highest BCUT2D eigenvalue weighted by atomic mass is 19.1. The Bertz CT molecular complexity index is 1360. The van der Waals surface area contributed by atoms with Gasteiger partial charge in [-0.15, -0.1) is 0 Å². The fraction of sp³-hybridized carbons (Fsp3) is 0.438. The van der Waals surface area contributed by atoms with Crippen LogP contribution in [0.3, 0.4) is 0 Å². The Kier molecular flexibility index (Phi) is 7.89. The molecule has 2 aromatic carbocycles. The van der Waals surface area contributed by atoms with Gasteiger partial charge in [0.1, 0.15) is 17.7 Å². The number of ether oxygens (including phenoxy) is 2. The van der Waals surface area contributed by atoms with E-state index in [0.717, 1.165) is 65.8 Å². The van der Waals surface area contributed by atoms with Crippen LogP contribution in [0.2, 0.25) is 0 Å². The van der Waals surface area contributed by atoms with Gasteiger partial charge in [-0.1, -0.05) is 44.2 Å². The largest absolute Gasteiger partial charge is 0.485 e. The quantitative estimate of drug-likeness (QED) is 0.316. The summed E-state index contributed by atoms with van der Waals surface area (Å²) in [5.74, 6) is 0.0541. The van der Waals surface area contributed by atoms with Gasteiger partial charge in [0.25, 0.3) is 0 Å². The number of fused-ring (bicyclic) bond motifs is 1. The molecule has 0 spiro atoms. The highest BCUT2D eigenvalue weighted by Gasteiger charge is 2.39. The number of halogens is 1. The average Bonchev–Trinajstić information content (AvgIpc) is 3.78. The number of methoxy groups -OCH3 is 1. The van der Waals surface area contributed by atoms with Gasteiger partial charge in [0, 0.05) is 18.2 Å². The van der Waals surface area contributed by atoms with Gasteiger partial charge in [0.05, 0.1) is 19.2 Å². The molecule has 2 heterocycles. The number of aromatic nitrogens is 1. The minimum absolute atomic E-state index is 0.000469. The van der Waals surface area contributed by atoms with Crippen molar-refractivity contribution in [2.24, 2.45) is 11.8 Å². The molecule has 6 nitrogen and oxygen atoms in total. The summed E-state index contributed by atoms with van der Waals surface area (Å²) in [5.41, 5.74) is 5.54. The van der Waals surface area contributed by atoms with Crippen molar-refractivity contribution >= 4 is 5.97 Å². The van der Waals surface area contributed by atoms with Crippen molar-refractivity contribution in [3.63, 3.8) is 0 Å². The molecule has 1 saturated carbocycles. The van der Waals surface area contributed by atoms with Gasteiger partial charge in [0.15, 0.2) is 0 Å².